The van der Waals surface area contributed by atoms with Gasteiger partial charge in [0.1, 0.15) is 35.6 Å². The van der Waals surface area contributed by atoms with Gasteiger partial charge in [0.2, 0.25) is 0 Å². The lowest BCUT2D eigenvalue weighted by atomic mass is 9.95. The second kappa shape index (κ2) is 10.3. The van der Waals surface area contributed by atoms with Crippen LogP contribution in [0.25, 0.3) is 32.9 Å². The maximum Gasteiger partial charge on any atom is 0.319 e. The Labute approximate surface area is 238 Å². The molecule has 2 aliphatic rings. The van der Waals surface area contributed by atoms with Crippen molar-refractivity contribution in [1.82, 2.24) is 24.8 Å². The fourth-order valence-corrected chi connectivity index (χ4v) is 6.02. The Hall–Kier alpha value is -3.63. The van der Waals surface area contributed by atoms with Gasteiger partial charge in [-0.3, -0.25) is 9.88 Å². The summed E-state index contributed by atoms with van der Waals surface area (Å²) >= 11 is 0. The molecule has 8 nitrogen and oxygen atoms in total. The SMILES string of the molecule is CN(C)C(C)(C)CNc1nc(OC[C@@]23CCCN2C[C@H](F)C3)nc2c(F)c(-c3cc(O)cc4ccccc34)ncc12. The Bertz CT molecular complexity index is 1610. The van der Waals surface area contributed by atoms with E-state index in [9.17, 15) is 9.50 Å². The second-order valence-corrected chi connectivity index (χ2v) is 12.2. The number of nitrogens with one attached hydrogen (secondary N) is 1. The lowest BCUT2D eigenvalue weighted by Crippen LogP contribution is -2.44. The third-order valence-corrected chi connectivity index (χ3v) is 8.90. The van der Waals surface area contributed by atoms with Crippen molar-refractivity contribution in [3.8, 4) is 23.0 Å². The number of rotatable bonds is 8. The zero-order chi connectivity index (χ0) is 28.9. The van der Waals surface area contributed by atoms with Gasteiger partial charge in [-0.2, -0.15) is 9.97 Å². The van der Waals surface area contributed by atoms with E-state index < -0.39 is 12.0 Å². The van der Waals surface area contributed by atoms with E-state index in [1.54, 1.807) is 12.3 Å². The molecule has 0 aliphatic carbocycles. The second-order valence-electron chi connectivity index (χ2n) is 12.2. The monoisotopic (exact) mass is 562 g/mol. The van der Waals surface area contributed by atoms with Crippen molar-refractivity contribution in [3.05, 3.63) is 48.4 Å². The van der Waals surface area contributed by atoms with Crippen LogP contribution in [0.15, 0.2) is 42.6 Å². The van der Waals surface area contributed by atoms with E-state index in [1.165, 1.54) is 6.07 Å². The van der Waals surface area contributed by atoms with Crippen molar-refractivity contribution in [2.45, 2.75) is 50.4 Å². The molecule has 0 spiro atoms. The van der Waals surface area contributed by atoms with Gasteiger partial charge >= 0.3 is 6.01 Å². The molecule has 4 heterocycles. The molecule has 2 saturated heterocycles. The molecule has 2 aliphatic heterocycles. The summed E-state index contributed by atoms with van der Waals surface area (Å²) in [5.74, 6) is -0.205. The van der Waals surface area contributed by atoms with Crippen molar-refractivity contribution >= 4 is 27.5 Å². The van der Waals surface area contributed by atoms with Crippen LogP contribution in [0.5, 0.6) is 11.8 Å². The van der Waals surface area contributed by atoms with E-state index in [1.807, 2.05) is 38.4 Å². The van der Waals surface area contributed by atoms with E-state index in [4.69, 9.17) is 4.74 Å². The van der Waals surface area contributed by atoms with Gasteiger partial charge in [0.25, 0.3) is 0 Å². The lowest BCUT2D eigenvalue weighted by molar-refractivity contribution is 0.107. The quantitative estimate of drug-likeness (QED) is 0.295. The maximum atomic E-state index is 16.4. The summed E-state index contributed by atoms with van der Waals surface area (Å²) in [7, 11) is 3.99. The molecule has 41 heavy (non-hydrogen) atoms. The molecule has 0 amide bonds. The van der Waals surface area contributed by atoms with Crippen LogP contribution in [0.3, 0.4) is 0 Å². The molecule has 2 atom stereocenters. The Morgan fingerprint density at radius 3 is 2.80 bits per heavy atom. The lowest BCUT2D eigenvalue weighted by Gasteiger charge is -2.33. The molecule has 2 aromatic carbocycles. The van der Waals surface area contributed by atoms with E-state index in [0.29, 0.717) is 36.3 Å². The Morgan fingerprint density at radius 1 is 1.20 bits per heavy atom. The highest BCUT2D eigenvalue weighted by Gasteiger charge is 2.49. The van der Waals surface area contributed by atoms with Crippen LogP contribution in [-0.2, 0) is 0 Å². The zero-order valence-corrected chi connectivity index (χ0v) is 23.9. The molecule has 6 rings (SSSR count). The minimum absolute atomic E-state index is 0.0167. The fourth-order valence-electron chi connectivity index (χ4n) is 6.02. The Morgan fingerprint density at radius 2 is 2.00 bits per heavy atom. The summed E-state index contributed by atoms with van der Waals surface area (Å²) in [5, 5.41) is 15.7. The standard InChI is InChI=1S/C31H36F2N6O2/c1-30(2,38(3)4)17-35-28-24-15-34-26(23-13-21(40)12-19-8-5-6-9-22(19)23)25(33)27(24)36-29(37-28)41-18-31-10-7-11-39(31)16-20(32)14-31/h5-6,8-9,12-13,15,20,40H,7,10-11,14,16-18H2,1-4H3,(H,35,36,37)/t20-,31+/m1/s1. The van der Waals surface area contributed by atoms with Crippen molar-refractivity contribution in [3.63, 3.8) is 0 Å². The number of benzene rings is 2. The van der Waals surface area contributed by atoms with Gasteiger partial charge in [0.05, 0.1) is 10.9 Å². The first kappa shape index (κ1) is 27.5. The highest BCUT2D eigenvalue weighted by molar-refractivity contribution is 5.99. The average Bonchev–Trinajstić information content (AvgIpc) is 3.46. The number of halogens is 2. The number of phenols is 1. The average molecular weight is 563 g/mol. The molecule has 0 unspecified atom stereocenters. The predicted octanol–water partition coefficient (Wildman–Crippen LogP) is 5.40. The van der Waals surface area contributed by atoms with Gasteiger partial charge in [-0.1, -0.05) is 24.3 Å². The molecule has 10 heteroatoms. The van der Waals surface area contributed by atoms with Gasteiger partial charge in [-0.15, -0.1) is 0 Å². The molecule has 2 aromatic heterocycles. The first-order chi connectivity index (χ1) is 19.6. The number of aromatic hydroxyl groups is 1. The van der Waals surface area contributed by atoms with Crippen molar-refractivity contribution in [2.75, 3.05) is 45.7 Å². The van der Waals surface area contributed by atoms with E-state index in [0.717, 1.165) is 30.2 Å². The molecule has 2 fully saturated rings. The first-order valence-electron chi connectivity index (χ1n) is 14.1. The third-order valence-electron chi connectivity index (χ3n) is 8.90. The van der Waals surface area contributed by atoms with Crippen LogP contribution in [0.4, 0.5) is 14.6 Å². The van der Waals surface area contributed by atoms with Crippen LogP contribution in [-0.4, -0.2) is 87.4 Å². The minimum Gasteiger partial charge on any atom is -0.508 e. The molecule has 0 radical (unpaired) electrons. The Balaban J connectivity index is 1.43. The minimum atomic E-state index is -0.884. The van der Waals surface area contributed by atoms with Crippen LogP contribution in [0.2, 0.25) is 0 Å². The number of alkyl halides is 1. The molecule has 2 N–H and O–H groups in total. The van der Waals surface area contributed by atoms with E-state index in [-0.39, 0.29) is 40.7 Å². The molecule has 0 bridgehead atoms. The summed E-state index contributed by atoms with van der Waals surface area (Å²) in [5.41, 5.74) is -0.0161. The van der Waals surface area contributed by atoms with Gasteiger partial charge in [0.15, 0.2) is 5.82 Å². The summed E-state index contributed by atoms with van der Waals surface area (Å²) in [6.07, 6.45) is 2.92. The van der Waals surface area contributed by atoms with Crippen LogP contribution >= 0.6 is 0 Å². The normalized spacial score (nSPS) is 21.2. The number of likely N-dealkylation sites (N-methyl/N-ethyl adjacent to an activating group) is 1. The molecule has 216 valence electrons. The zero-order valence-electron chi connectivity index (χ0n) is 23.9. The molecule has 4 aromatic rings. The first-order valence-corrected chi connectivity index (χ1v) is 14.1. The van der Waals surface area contributed by atoms with E-state index in [2.05, 4.69) is 43.9 Å². The highest BCUT2D eigenvalue weighted by Crippen LogP contribution is 2.41. The number of phenolic OH excluding ortho intramolecular Hbond substituents is 1. The largest absolute Gasteiger partial charge is 0.508 e. The summed E-state index contributed by atoms with van der Waals surface area (Å²) < 4.78 is 36.9. The number of aromatic nitrogens is 3. The van der Waals surface area contributed by atoms with Gasteiger partial charge < -0.3 is 20.1 Å². The Kier molecular flexibility index (Phi) is 6.94. The number of ether oxygens (including phenoxy) is 1. The van der Waals surface area contributed by atoms with Gasteiger partial charge in [-0.25, -0.2) is 8.78 Å². The number of hydrogen-bond acceptors (Lipinski definition) is 8. The van der Waals surface area contributed by atoms with Crippen LogP contribution in [0.1, 0.15) is 33.1 Å². The predicted molar refractivity (Wildman–Crippen MR) is 157 cm³/mol. The third kappa shape index (κ3) is 5.04. The highest BCUT2D eigenvalue weighted by atomic mass is 19.1. The summed E-state index contributed by atoms with van der Waals surface area (Å²) in [4.78, 5) is 17.9. The van der Waals surface area contributed by atoms with Crippen molar-refractivity contribution in [1.29, 1.82) is 0 Å². The number of hydrogen-bond donors (Lipinski definition) is 2. The topological polar surface area (TPSA) is 86.6 Å². The van der Waals surface area contributed by atoms with Crippen LogP contribution in [0, 0.1) is 5.82 Å². The van der Waals surface area contributed by atoms with E-state index >= 15 is 4.39 Å². The van der Waals surface area contributed by atoms with Crippen molar-refractivity contribution < 1.29 is 18.6 Å². The number of nitrogens with zero attached hydrogens (tertiary/aromatic N) is 5. The summed E-state index contributed by atoms with van der Waals surface area (Å²) in [6, 6.07) is 10.6. The number of fused-ring (bicyclic) bond motifs is 3. The van der Waals surface area contributed by atoms with Gasteiger partial charge in [0, 0.05) is 36.8 Å². The van der Waals surface area contributed by atoms with Gasteiger partial charge in [-0.05, 0) is 70.2 Å². The van der Waals surface area contributed by atoms with Crippen molar-refractivity contribution in [2.24, 2.45) is 0 Å². The number of anilines is 1. The molecular formula is C31H36F2N6O2. The molecular weight excluding hydrogens is 526 g/mol. The van der Waals surface area contributed by atoms with Crippen LogP contribution < -0.4 is 10.1 Å². The fraction of sp³-hybridized carbons (Fsp3) is 0.452. The smallest absolute Gasteiger partial charge is 0.319 e. The summed E-state index contributed by atoms with van der Waals surface area (Å²) in [6.45, 7) is 6.19. The number of pyridine rings is 1. The maximum absolute atomic E-state index is 16.4. The molecule has 0 saturated carbocycles.